The maximum atomic E-state index is 11.7. The summed E-state index contributed by atoms with van der Waals surface area (Å²) in [5.74, 6) is -0.205. The zero-order chi connectivity index (χ0) is 28.5. The van der Waals surface area contributed by atoms with Gasteiger partial charge in [-0.25, -0.2) is 0 Å². The average Bonchev–Trinajstić information content (AvgIpc) is 2.97. The minimum Gasteiger partial charge on any atom is -0.507 e. The van der Waals surface area contributed by atoms with Crippen LogP contribution in [0, 0.1) is 0 Å². The molecular weight excluding hydrogens is 504 g/mol. The van der Waals surface area contributed by atoms with Gasteiger partial charge in [0.1, 0.15) is 11.5 Å². The van der Waals surface area contributed by atoms with Gasteiger partial charge in [0.2, 0.25) is 0 Å². The van der Waals surface area contributed by atoms with Crippen molar-refractivity contribution in [3.8, 4) is 33.8 Å². The van der Waals surface area contributed by atoms with E-state index < -0.39 is 0 Å². The number of phenols is 2. The van der Waals surface area contributed by atoms with Gasteiger partial charge in [0.05, 0.1) is 27.1 Å². The van der Waals surface area contributed by atoms with E-state index in [4.69, 9.17) is 9.47 Å². The summed E-state index contributed by atoms with van der Waals surface area (Å²) in [5, 5.41) is 21.0. The van der Waals surface area contributed by atoms with E-state index in [-0.39, 0.29) is 36.3 Å². The molecular formula is C34H34O6. The van der Waals surface area contributed by atoms with Crippen LogP contribution in [0.2, 0.25) is 0 Å². The van der Waals surface area contributed by atoms with Crippen LogP contribution in [-0.4, -0.2) is 36.4 Å². The molecule has 4 aromatic rings. The smallest absolute Gasteiger partial charge is 0.309 e. The Labute approximate surface area is 234 Å². The molecule has 4 rings (SSSR count). The van der Waals surface area contributed by atoms with Gasteiger partial charge in [-0.2, -0.15) is 0 Å². The van der Waals surface area contributed by atoms with Crippen molar-refractivity contribution >= 4 is 11.9 Å². The second kappa shape index (κ2) is 13.5. The Bertz CT molecular complexity index is 1380. The van der Waals surface area contributed by atoms with E-state index in [1.165, 1.54) is 14.2 Å². The Morgan fingerprint density at radius 1 is 0.575 bits per heavy atom. The Hall–Kier alpha value is -4.58. The number of methoxy groups -OCH3 is 2. The van der Waals surface area contributed by atoms with Crippen LogP contribution in [0.5, 0.6) is 11.5 Å². The molecule has 0 bridgehead atoms. The molecule has 4 aromatic carbocycles. The van der Waals surface area contributed by atoms with E-state index in [1.807, 2.05) is 72.8 Å². The first kappa shape index (κ1) is 28.4. The Kier molecular flexibility index (Phi) is 9.57. The Balaban J connectivity index is 1.39. The number of phenolic OH excluding ortho intramolecular Hbond substituents is 2. The Morgan fingerprint density at radius 3 is 1.40 bits per heavy atom. The number of hydrogen-bond donors (Lipinski definition) is 2. The van der Waals surface area contributed by atoms with Gasteiger partial charge in [-0.15, -0.1) is 0 Å². The number of carbonyl (C=O) groups is 2. The second-order valence-corrected chi connectivity index (χ2v) is 9.82. The topological polar surface area (TPSA) is 93.1 Å². The fourth-order valence-electron chi connectivity index (χ4n) is 4.77. The van der Waals surface area contributed by atoms with Crippen molar-refractivity contribution in [3.63, 3.8) is 0 Å². The fourth-order valence-corrected chi connectivity index (χ4v) is 4.77. The molecule has 0 spiro atoms. The van der Waals surface area contributed by atoms with Gasteiger partial charge in [-0.1, -0.05) is 60.7 Å². The lowest BCUT2D eigenvalue weighted by Crippen LogP contribution is -2.04. The highest BCUT2D eigenvalue weighted by Gasteiger charge is 2.11. The van der Waals surface area contributed by atoms with E-state index in [0.717, 1.165) is 70.2 Å². The molecule has 0 atom stereocenters. The molecule has 0 aromatic heterocycles. The molecule has 6 heteroatoms. The molecule has 40 heavy (non-hydrogen) atoms. The summed E-state index contributed by atoms with van der Waals surface area (Å²) in [6.45, 7) is 0. The average molecular weight is 539 g/mol. The monoisotopic (exact) mass is 538 g/mol. The van der Waals surface area contributed by atoms with E-state index in [2.05, 4.69) is 0 Å². The zero-order valence-corrected chi connectivity index (χ0v) is 22.9. The summed E-state index contributed by atoms with van der Waals surface area (Å²) >= 11 is 0. The summed E-state index contributed by atoms with van der Waals surface area (Å²) in [4.78, 5) is 23.3. The molecule has 0 fully saturated rings. The van der Waals surface area contributed by atoms with Crippen LogP contribution in [0.3, 0.4) is 0 Å². The van der Waals surface area contributed by atoms with Crippen molar-refractivity contribution < 1.29 is 29.3 Å². The highest BCUT2D eigenvalue weighted by atomic mass is 16.5. The summed E-state index contributed by atoms with van der Waals surface area (Å²) < 4.78 is 9.54. The minimum atomic E-state index is -0.303. The van der Waals surface area contributed by atoms with Gasteiger partial charge in [0, 0.05) is 11.1 Å². The molecule has 0 saturated carbocycles. The van der Waals surface area contributed by atoms with E-state index in [1.54, 1.807) is 12.1 Å². The number of aromatic hydroxyl groups is 2. The van der Waals surface area contributed by atoms with Crippen LogP contribution in [0.15, 0.2) is 84.9 Å². The molecule has 0 heterocycles. The van der Waals surface area contributed by atoms with Gasteiger partial charge in [-0.05, 0) is 83.3 Å². The maximum Gasteiger partial charge on any atom is 0.309 e. The lowest BCUT2D eigenvalue weighted by Gasteiger charge is -2.11. The van der Waals surface area contributed by atoms with Crippen molar-refractivity contribution in [2.24, 2.45) is 0 Å². The first-order valence-corrected chi connectivity index (χ1v) is 13.3. The molecule has 0 aliphatic heterocycles. The third kappa shape index (κ3) is 7.50. The molecule has 0 aliphatic carbocycles. The number of ether oxygens (including phenoxy) is 2. The van der Waals surface area contributed by atoms with Crippen LogP contribution >= 0.6 is 0 Å². The van der Waals surface area contributed by atoms with Crippen LogP contribution in [0.1, 0.15) is 35.1 Å². The molecule has 0 aliphatic rings. The van der Waals surface area contributed by atoms with E-state index in [0.29, 0.717) is 0 Å². The minimum absolute atomic E-state index is 0.183. The quantitative estimate of drug-likeness (QED) is 0.169. The third-order valence-corrected chi connectivity index (χ3v) is 6.93. The van der Waals surface area contributed by atoms with Gasteiger partial charge in [0.15, 0.2) is 0 Å². The van der Waals surface area contributed by atoms with Crippen LogP contribution in [0.25, 0.3) is 22.3 Å². The number of hydrogen-bond acceptors (Lipinski definition) is 6. The first-order valence-electron chi connectivity index (χ1n) is 13.3. The van der Waals surface area contributed by atoms with Crippen molar-refractivity contribution in [1.29, 1.82) is 0 Å². The standard InChI is InChI=1S/C34H34O6/c1-39-33(37)21-25-9-5-11-27(17-25)29-19-23(13-15-31(29)35)7-3-4-8-24-14-16-32(36)30(20-24)28-12-6-10-26(18-28)22-34(38)40-2/h5-6,9-20,35-36H,3-4,7-8,21-22H2,1-2H3. The summed E-state index contributed by atoms with van der Waals surface area (Å²) in [6.07, 6.45) is 3.99. The van der Waals surface area contributed by atoms with Crippen LogP contribution < -0.4 is 0 Å². The first-order chi connectivity index (χ1) is 19.4. The highest BCUT2D eigenvalue weighted by Crippen LogP contribution is 2.33. The molecule has 0 amide bonds. The largest absolute Gasteiger partial charge is 0.507 e. The summed E-state index contributed by atoms with van der Waals surface area (Å²) in [6, 6.07) is 26.5. The number of unbranched alkanes of at least 4 members (excludes halogenated alkanes) is 1. The van der Waals surface area contributed by atoms with Crippen LogP contribution in [-0.2, 0) is 44.7 Å². The number of benzene rings is 4. The van der Waals surface area contributed by atoms with Gasteiger partial charge < -0.3 is 19.7 Å². The van der Waals surface area contributed by atoms with Crippen molar-refractivity contribution in [2.75, 3.05) is 14.2 Å². The fraction of sp³-hybridized carbons (Fsp3) is 0.235. The van der Waals surface area contributed by atoms with Crippen LogP contribution in [0.4, 0.5) is 0 Å². The van der Waals surface area contributed by atoms with Gasteiger partial charge in [-0.3, -0.25) is 9.59 Å². The molecule has 0 saturated heterocycles. The molecule has 206 valence electrons. The number of esters is 2. The van der Waals surface area contributed by atoms with Crippen molar-refractivity contribution in [2.45, 2.75) is 38.5 Å². The number of carbonyl (C=O) groups excluding carboxylic acids is 2. The van der Waals surface area contributed by atoms with Crippen molar-refractivity contribution in [3.05, 3.63) is 107 Å². The number of rotatable bonds is 11. The third-order valence-electron chi connectivity index (χ3n) is 6.93. The van der Waals surface area contributed by atoms with Gasteiger partial charge in [0.25, 0.3) is 0 Å². The maximum absolute atomic E-state index is 11.7. The zero-order valence-electron chi connectivity index (χ0n) is 22.9. The SMILES string of the molecule is COC(=O)Cc1cccc(-c2cc(CCCCc3ccc(O)c(-c4cccc(CC(=O)OC)c4)c3)ccc2O)c1. The van der Waals surface area contributed by atoms with E-state index >= 15 is 0 Å². The lowest BCUT2D eigenvalue weighted by molar-refractivity contribution is -0.140. The summed E-state index contributed by atoms with van der Waals surface area (Å²) in [5.41, 5.74) is 7.10. The van der Waals surface area contributed by atoms with E-state index in [9.17, 15) is 19.8 Å². The van der Waals surface area contributed by atoms with Gasteiger partial charge >= 0.3 is 11.9 Å². The predicted molar refractivity (Wildman–Crippen MR) is 155 cm³/mol. The molecule has 2 N–H and O–H groups in total. The molecule has 0 unspecified atom stereocenters. The van der Waals surface area contributed by atoms with Crippen molar-refractivity contribution in [1.82, 2.24) is 0 Å². The lowest BCUT2D eigenvalue weighted by atomic mass is 9.95. The predicted octanol–water partition coefficient (Wildman–Crippen LogP) is 6.43. The molecule has 6 nitrogen and oxygen atoms in total. The Morgan fingerprint density at radius 2 is 1.00 bits per heavy atom. The molecule has 0 radical (unpaired) electrons. The highest BCUT2D eigenvalue weighted by molar-refractivity contribution is 5.76. The number of aryl methyl sites for hydroxylation is 2. The summed E-state index contributed by atoms with van der Waals surface area (Å²) in [7, 11) is 2.74. The normalized spacial score (nSPS) is 10.8. The second-order valence-electron chi connectivity index (χ2n) is 9.82.